The summed E-state index contributed by atoms with van der Waals surface area (Å²) in [4.78, 5) is 21.3. The fourth-order valence-electron chi connectivity index (χ4n) is 6.27. The van der Waals surface area contributed by atoms with Crippen molar-refractivity contribution in [2.75, 3.05) is 18.5 Å². The number of pyridine rings is 1. The van der Waals surface area contributed by atoms with Gasteiger partial charge < -0.3 is 19.0 Å². The lowest BCUT2D eigenvalue weighted by molar-refractivity contribution is -0.114. The number of carbonyl (C=O) groups excluding carboxylic acids is 1. The van der Waals surface area contributed by atoms with Crippen LogP contribution in [0.3, 0.4) is 0 Å². The summed E-state index contributed by atoms with van der Waals surface area (Å²) in [7, 11) is -3.27. The Morgan fingerprint density at radius 3 is 2.16 bits per heavy atom. The van der Waals surface area contributed by atoms with Gasteiger partial charge in [0.15, 0.2) is 8.32 Å². The summed E-state index contributed by atoms with van der Waals surface area (Å²) in [5.74, 6) is 0.854. The van der Waals surface area contributed by atoms with Gasteiger partial charge in [-0.1, -0.05) is 61.2 Å². The van der Waals surface area contributed by atoms with Crippen molar-refractivity contribution >= 4 is 28.1 Å². The van der Waals surface area contributed by atoms with Gasteiger partial charge in [0, 0.05) is 52.0 Å². The van der Waals surface area contributed by atoms with Crippen LogP contribution in [0.5, 0.6) is 0 Å². The number of halogens is 1. The third kappa shape index (κ3) is 9.18. The van der Waals surface area contributed by atoms with Gasteiger partial charge >= 0.3 is 0 Å². The van der Waals surface area contributed by atoms with Crippen LogP contribution in [0.1, 0.15) is 60.7 Å². The van der Waals surface area contributed by atoms with Gasteiger partial charge in [-0.3, -0.25) is 4.79 Å². The highest BCUT2D eigenvalue weighted by Gasteiger charge is 2.44. The number of amides is 1. The van der Waals surface area contributed by atoms with E-state index in [1.54, 1.807) is 18.3 Å². The lowest BCUT2D eigenvalue weighted by atomic mass is 10.1. The molecular formula is C34H53FN4O3Si2. The highest BCUT2D eigenvalue weighted by atomic mass is 28.4. The van der Waals surface area contributed by atoms with Gasteiger partial charge in [-0.15, -0.1) is 0 Å². The smallest absolute Gasteiger partial charge is 0.222 e. The van der Waals surface area contributed by atoms with Gasteiger partial charge in [0.2, 0.25) is 5.91 Å². The number of aromatic nitrogens is 3. The highest BCUT2D eigenvalue weighted by molar-refractivity contribution is 6.77. The molecular weight excluding hydrogens is 588 g/mol. The Balaban J connectivity index is 2.05. The second kappa shape index (κ2) is 15.6. The number of hydrogen-bond donors (Lipinski definition) is 1. The number of nitrogens with zero attached hydrogens (tertiary/aromatic N) is 3. The molecule has 0 radical (unpaired) electrons. The zero-order valence-corrected chi connectivity index (χ0v) is 30.5. The largest absolute Gasteiger partial charge is 0.416 e. The Bertz CT molecular complexity index is 1350. The summed E-state index contributed by atoms with van der Waals surface area (Å²) in [6, 6.07) is 11.2. The van der Waals surface area contributed by atoms with Crippen molar-refractivity contribution in [3.05, 3.63) is 54.2 Å². The molecule has 0 bridgehead atoms. The third-order valence-corrected chi connectivity index (χ3v) is 16.1. The molecule has 3 rings (SSSR count). The van der Waals surface area contributed by atoms with Crippen LogP contribution in [0.15, 0.2) is 42.6 Å². The molecule has 0 aliphatic heterocycles. The van der Waals surface area contributed by atoms with E-state index in [1.165, 1.54) is 19.1 Å². The maximum absolute atomic E-state index is 14.0. The van der Waals surface area contributed by atoms with Gasteiger partial charge in [0.1, 0.15) is 24.2 Å². The summed E-state index contributed by atoms with van der Waals surface area (Å²) in [6.07, 6.45) is 3.20. The van der Waals surface area contributed by atoms with Gasteiger partial charge in [0.25, 0.3) is 0 Å². The van der Waals surface area contributed by atoms with Gasteiger partial charge in [0.05, 0.1) is 11.4 Å². The highest BCUT2D eigenvalue weighted by Crippen LogP contribution is 2.42. The Labute approximate surface area is 266 Å². The quantitative estimate of drug-likeness (QED) is 0.125. The topological polar surface area (TPSA) is 78.3 Å². The number of anilines is 1. The lowest BCUT2D eigenvalue weighted by Gasteiger charge is -2.42. The molecule has 0 spiro atoms. The van der Waals surface area contributed by atoms with E-state index in [4.69, 9.17) is 14.1 Å². The number of rotatable bonds is 16. The molecule has 7 nitrogen and oxygen atoms in total. The summed E-state index contributed by atoms with van der Waals surface area (Å²) in [5.41, 5.74) is 4.80. The fraction of sp³-hybridized carbons (Fsp3) is 0.559. The zero-order valence-electron chi connectivity index (χ0n) is 28.5. The number of ether oxygens (including phenoxy) is 1. The van der Waals surface area contributed by atoms with Gasteiger partial charge in [-0.2, -0.15) is 0 Å². The van der Waals surface area contributed by atoms with Crippen molar-refractivity contribution in [2.45, 2.75) is 110 Å². The Morgan fingerprint density at radius 2 is 1.59 bits per heavy atom. The number of hydrogen-bond acceptors (Lipinski definition) is 5. The van der Waals surface area contributed by atoms with E-state index in [-0.39, 0.29) is 11.7 Å². The molecule has 242 valence electrons. The third-order valence-electron chi connectivity index (χ3n) is 8.32. The predicted octanol–water partition coefficient (Wildman–Crippen LogP) is 9.15. The molecule has 0 saturated heterocycles. The Hall–Kier alpha value is -2.67. The van der Waals surface area contributed by atoms with E-state index in [1.807, 2.05) is 12.1 Å². The minimum atomic E-state index is -1.98. The van der Waals surface area contributed by atoms with Crippen LogP contribution < -0.4 is 5.32 Å². The zero-order chi connectivity index (χ0) is 32.7. The minimum absolute atomic E-state index is 0.193. The van der Waals surface area contributed by atoms with E-state index >= 15 is 0 Å². The molecule has 0 atom stereocenters. The number of nitrogens with one attached hydrogen (secondary N) is 1. The first kappa shape index (κ1) is 35.8. The van der Waals surface area contributed by atoms with E-state index in [9.17, 15) is 9.18 Å². The monoisotopic (exact) mass is 640 g/mol. The second-order valence-electron chi connectivity index (χ2n) is 13.9. The average molecular weight is 641 g/mol. The molecule has 0 aliphatic rings. The molecule has 0 saturated carbocycles. The number of benzene rings is 1. The molecule has 2 heterocycles. The first-order chi connectivity index (χ1) is 20.7. The summed E-state index contributed by atoms with van der Waals surface area (Å²) in [5, 5.41) is 2.79. The summed E-state index contributed by atoms with van der Waals surface area (Å²) >= 11 is 0. The molecule has 1 amide bonds. The van der Waals surface area contributed by atoms with Crippen molar-refractivity contribution < 1.29 is 18.3 Å². The van der Waals surface area contributed by atoms with Crippen molar-refractivity contribution in [3.63, 3.8) is 0 Å². The molecule has 44 heavy (non-hydrogen) atoms. The first-order valence-electron chi connectivity index (χ1n) is 16.0. The molecule has 10 heteroatoms. The van der Waals surface area contributed by atoms with E-state index in [0.717, 1.165) is 40.8 Å². The first-order valence-corrected chi connectivity index (χ1v) is 21.8. The van der Waals surface area contributed by atoms with Crippen molar-refractivity contribution in [3.8, 4) is 22.5 Å². The van der Waals surface area contributed by atoms with Gasteiger partial charge in [-0.25, -0.2) is 14.4 Å². The minimum Gasteiger partial charge on any atom is -0.416 e. The van der Waals surface area contributed by atoms with Crippen LogP contribution in [-0.4, -0.2) is 50.0 Å². The fourth-order valence-corrected chi connectivity index (χ4v) is 12.5. The van der Waals surface area contributed by atoms with Crippen LogP contribution >= 0.6 is 0 Å². The van der Waals surface area contributed by atoms with Crippen LogP contribution in [-0.2, 0) is 27.1 Å². The van der Waals surface area contributed by atoms with Crippen LogP contribution in [0, 0.1) is 5.82 Å². The number of imidazole rings is 1. The lowest BCUT2D eigenvalue weighted by Crippen LogP contribution is -2.48. The SMILES string of the molecule is CC(=O)Nc1cc(-c2c(-c3ccc(F)cc3)nc(CCCO[Si](C(C)C)(C(C)C)C(C)C)n2COCC[Si](C)(C)C)ccn1. The van der Waals surface area contributed by atoms with E-state index in [2.05, 4.69) is 76.1 Å². The number of carbonyl (C=O) groups is 1. The molecule has 0 unspecified atom stereocenters. The van der Waals surface area contributed by atoms with Crippen molar-refractivity contribution in [2.24, 2.45) is 0 Å². The summed E-state index contributed by atoms with van der Waals surface area (Å²) < 4.78 is 29.3. The van der Waals surface area contributed by atoms with Crippen LogP contribution in [0.2, 0.25) is 42.3 Å². The summed E-state index contributed by atoms with van der Waals surface area (Å²) in [6.45, 7) is 24.0. The number of aryl methyl sites for hydroxylation is 1. The average Bonchev–Trinajstić information content (AvgIpc) is 3.28. The molecule has 1 N–H and O–H groups in total. The van der Waals surface area contributed by atoms with E-state index in [0.29, 0.717) is 48.8 Å². The van der Waals surface area contributed by atoms with Crippen LogP contribution in [0.25, 0.3) is 22.5 Å². The van der Waals surface area contributed by atoms with Gasteiger partial charge in [-0.05, 0) is 65.5 Å². The second-order valence-corrected chi connectivity index (χ2v) is 25.0. The Morgan fingerprint density at radius 1 is 0.955 bits per heavy atom. The maximum atomic E-state index is 14.0. The Kier molecular flexibility index (Phi) is 12.7. The predicted molar refractivity (Wildman–Crippen MR) is 185 cm³/mol. The standard InChI is InChI=1S/C34H53FN4O3Si2/c1-24(2)44(25(3)4,26(5)6)42-19-11-12-32-38-33(28-13-15-30(35)16-14-28)34(39(32)23-41-20-21-43(8,9)10)29-17-18-36-31(22-29)37-27(7)40/h13-18,22,24-26H,11-12,19-21,23H2,1-10H3,(H,36,37,40). The van der Waals surface area contributed by atoms with Crippen LogP contribution in [0.4, 0.5) is 10.2 Å². The van der Waals surface area contributed by atoms with Crippen molar-refractivity contribution in [1.82, 2.24) is 14.5 Å². The molecule has 0 fully saturated rings. The molecule has 2 aromatic heterocycles. The van der Waals surface area contributed by atoms with E-state index < -0.39 is 16.4 Å². The molecule has 0 aliphatic carbocycles. The van der Waals surface area contributed by atoms with Crippen molar-refractivity contribution in [1.29, 1.82) is 0 Å². The molecule has 1 aromatic carbocycles. The molecule has 3 aromatic rings. The normalized spacial score (nSPS) is 12.5. The maximum Gasteiger partial charge on any atom is 0.222 e.